The zero-order chi connectivity index (χ0) is 23.9. The SMILES string of the molecule is COc1cc(/C=N/NC(=O)c2cc(-c3ccccc3)nc3ccccc23)c(Br)cc1OCC#N. The van der Waals surface area contributed by atoms with Gasteiger partial charge in [-0.25, -0.2) is 10.4 Å². The molecular formula is C26H19BrN4O3. The molecule has 0 saturated heterocycles. The third kappa shape index (κ3) is 5.05. The monoisotopic (exact) mass is 514 g/mol. The smallest absolute Gasteiger partial charge is 0.272 e. The van der Waals surface area contributed by atoms with Crippen LogP contribution in [0.3, 0.4) is 0 Å². The number of halogens is 1. The van der Waals surface area contributed by atoms with Gasteiger partial charge in [0.2, 0.25) is 0 Å². The molecule has 1 amide bonds. The second-order valence-corrected chi connectivity index (χ2v) is 7.96. The van der Waals surface area contributed by atoms with E-state index in [2.05, 4.69) is 26.5 Å². The molecule has 4 rings (SSSR count). The van der Waals surface area contributed by atoms with Gasteiger partial charge in [-0.1, -0.05) is 48.5 Å². The first kappa shape index (κ1) is 23.0. The normalized spacial score (nSPS) is 10.7. The summed E-state index contributed by atoms with van der Waals surface area (Å²) < 4.78 is 11.4. The lowest BCUT2D eigenvalue weighted by Crippen LogP contribution is -2.18. The zero-order valence-electron chi connectivity index (χ0n) is 18.2. The van der Waals surface area contributed by atoms with Crippen LogP contribution in [0.5, 0.6) is 11.5 Å². The fourth-order valence-electron chi connectivity index (χ4n) is 3.37. The van der Waals surface area contributed by atoms with E-state index in [0.717, 1.165) is 16.5 Å². The summed E-state index contributed by atoms with van der Waals surface area (Å²) >= 11 is 3.45. The number of ether oxygens (including phenoxy) is 2. The number of rotatable bonds is 7. The van der Waals surface area contributed by atoms with Crippen LogP contribution in [0, 0.1) is 11.3 Å². The molecule has 0 fully saturated rings. The van der Waals surface area contributed by atoms with Crippen molar-refractivity contribution in [1.29, 1.82) is 5.26 Å². The molecule has 0 aliphatic carbocycles. The van der Waals surface area contributed by atoms with E-state index in [9.17, 15) is 4.79 Å². The molecule has 0 atom stereocenters. The van der Waals surface area contributed by atoms with Crippen LogP contribution >= 0.6 is 15.9 Å². The second kappa shape index (κ2) is 10.6. The van der Waals surface area contributed by atoms with E-state index in [1.165, 1.54) is 13.3 Å². The van der Waals surface area contributed by atoms with Gasteiger partial charge >= 0.3 is 0 Å². The number of methoxy groups -OCH3 is 1. The van der Waals surface area contributed by atoms with E-state index < -0.39 is 0 Å². The molecule has 0 aliphatic rings. The number of nitriles is 1. The summed E-state index contributed by atoms with van der Waals surface area (Å²) in [6.07, 6.45) is 1.50. The lowest BCUT2D eigenvalue weighted by molar-refractivity contribution is 0.0956. The Morgan fingerprint density at radius 1 is 1.12 bits per heavy atom. The molecule has 1 N–H and O–H groups in total. The van der Waals surface area contributed by atoms with Crippen molar-refractivity contribution in [3.63, 3.8) is 0 Å². The highest BCUT2D eigenvalue weighted by Crippen LogP contribution is 2.33. The predicted molar refractivity (Wildman–Crippen MR) is 134 cm³/mol. The zero-order valence-corrected chi connectivity index (χ0v) is 19.7. The molecule has 0 spiro atoms. The highest BCUT2D eigenvalue weighted by molar-refractivity contribution is 9.10. The van der Waals surface area contributed by atoms with Crippen molar-refractivity contribution in [3.8, 4) is 28.8 Å². The van der Waals surface area contributed by atoms with E-state index in [-0.39, 0.29) is 12.5 Å². The molecule has 0 bridgehead atoms. The van der Waals surface area contributed by atoms with Crippen LogP contribution in [0.15, 0.2) is 82.4 Å². The molecule has 4 aromatic rings. The van der Waals surface area contributed by atoms with Crippen LogP contribution in [0.2, 0.25) is 0 Å². The molecule has 0 saturated carbocycles. The summed E-state index contributed by atoms with van der Waals surface area (Å²) in [5.74, 6) is 0.511. The molecule has 168 valence electrons. The Morgan fingerprint density at radius 2 is 1.88 bits per heavy atom. The maximum Gasteiger partial charge on any atom is 0.272 e. The number of pyridine rings is 1. The first-order valence-corrected chi connectivity index (χ1v) is 11.1. The highest BCUT2D eigenvalue weighted by Gasteiger charge is 2.14. The molecule has 0 unspecified atom stereocenters. The summed E-state index contributed by atoms with van der Waals surface area (Å²) in [5, 5.41) is 13.6. The van der Waals surface area contributed by atoms with Crippen molar-refractivity contribution in [2.24, 2.45) is 5.10 Å². The average molecular weight is 515 g/mol. The van der Waals surface area contributed by atoms with Gasteiger partial charge in [-0.2, -0.15) is 10.4 Å². The Labute approximate surface area is 204 Å². The van der Waals surface area contributed by atoms with Crippen LogP contribution in [-0.2, 0) is 0 Å². The molecular weight excluding hydrogens is 496 g/mol. The number of nitrogens with one attached hydrogen (secondary N) is 1. The number of nitrogens with zero attached hydrogens (tertiary/aromatic N) is 3. The number of aromatic nitrogens is 1. The van der Waals surface area contributed by atoms with Crippen LogP contribution in [-0.4, -0.2) is 30.8 Å². The van der Waals surface area contributed by atoms with Crippen molar-refractivity contribution in [1.82, 2.24) is 10.4 Å². The van der Waals surface area contributed by atoms with Crippen molar-refractivity contribution >= 4 is 39.0 Å². The minimum atomic E-state index is -0.357. The fourth-order valence-corrected chi connectivity index (χ4v) is 3.80. The number of hydrazone groups is 1. The van der Waals surface area contributed by atoms with Crippen molar-refractivity contribution in [2.75, 3.05) is 13.7 Å². The molecule has 0 aliphatic heterocycles. The molecule has 34 heavy (non-hydrogen) atoms. The highest BCUT2D eigenvalue weighted by atomic mass is 79.9. The van der Waals surface area contributed by atoms with E-state index in [1.54, 1.807) is 18.2 Å². The fraction of sp³-hybridized carbons (Fsp3) is 0.0769. The van der Waals surface area contributed by atoms with E-state index in [0.29, 0.717) is 32.8 Å². The maximum absolute atomic E-state index is 13.1. The van der Waals surface area contributed by atoms with Crippen molar-refractivity contribution in [2.45, 2.75) is 0 Å². The number of hydrogen-bond donors (Lipinski definition) is 1. The maximum atomic E-state index is 13.1. The third-order valence-electron chi connectivity index (χ3n) is 4.98. The number of carbonyl (C=O) groups excluding carboxylic acids is 1. The van der Waals surface area contributed by atoms with Gasteiger partial charge < -0.3 is 9.47 Å². The molecule has 7 nitrogen and oxygen atoms in total. The number of amides is 1. The number of fused-ring (bicyclic) bond motifs is 1. The van der Waals surface area contributed by atoms with Gasteiger partial charge in [0, 0.05) is 21.0 Å². The minimum absolute atomic E-state index is 0.100. The summed E-state index contributed by atoms with van der Waals surface area (Å²) in [6, 6.07) is 24.2. The molecule has 3 aromatic carbocycles. The van der Waals surface area contributed by atoms with E-state index >= 15 is 0 Å². The standard InChI is InChI=1S/C26H19BrN4O3/c1-33-24-13-18(21(27)15-25(24)34-12-11-28)16-29-31-26(32)20-14-23(17-7-3-2-4-8-17)30-22-10-6-5-9-19(20)22/h2-10,13-16H,12H2,1H3,(H,31,32)/b29-16+. The lowest BCUT2D eigenvalue weighted by Gasteiger charge is -2.11. The Hall–Kier alpha value is -4.22. The van der Waals surface area contributed by atoms with Crippen molar-refractivity contribution in [3.05, 3.63) is 88.4 Å². The largest absolute Gasteiger partial charge is 0.493 e. The van der Waals surface area contributed by atoms with Gasteiger partial charge in [0.25, 0.3) is 5.91 Å². The molecule has 0 radical (unpaired) electrons. The van der Waals surface area contributed by atoms with Crippen LogP contribution < -0.4 is 14.9 Å². The number of hydrogen-bond acceptors (Lipinski definition) is 6. The predicted octanol–water partition coefficient (Wildman–Crippen LogP) is 5.34. The second-order valence-electron chi connectivity index (χ2n) is 7.11. The lowest BCUT2D eigenvalue weighted by atomic mass is 10.0. The van der Waals surface area contributed by atoms with Gasteiger partial charge in [-0.05, 0) is 40.2 Å². The van der Waals surface area contributed by atoms with Gasteiger partial charge in [0.05, 0.1) is 30.1 Å². The molecule has 1 aromatic heterocycles. The van der Waals surface area contributed by atoms with E-state index in [1.807, 2.05) is 60.7 Å². The number of para-hydroxylation sites is 1. The Kier molecular flexibility index (Phi) is 7.16. The summed E-state index contributed by atoms with van der Waals surface area (Å²) in [6.45, 7) is -0.100. The van der Waals surface area contributed by atoms with E-state index in [4.69, 9.17) is 19.7 Å². The van der Waals surface area contributed by atoms with Crippen molar-refractivity contribution < 1.29 is 14.3 Å². The van der Waals surface area contributed by atoms with Gasteiger partial charge in [0.15, 0.2) is 18.1 Å². The minimum Gasteiger partial charge on any atom is -0.493 e. The molecule has 1 heterocycles. The topological polar surface area (TPSA) is 96.6 Å². The summed E-state index contributed by atoms with van der Waals surface area (Å²) in [5.41, 5.74) is 6.07. The number of carbonyl (C=O) groups is 1. The summed E-state index contributed by atoms with van der Waals surface area (Å²) in [4.78, 5) is 17.8. The third-order valence-corrected chi connectivity index (χ3v) is 5.66. The molecule has 8 heteroatoms. The first-order chi connectivity index (χ1) is 16.6. The van der Waals surface area contributed by atoms with Gasteiger partial charge in [0.1, 0.15) is 6.07 Å². The first-order valence-electron chi connectivity index (χ1n) is 10.3. The number of benzene rings is 3. The quantitative estimate of drug-likeness (QED) is 0.265. The Morgan fingerprint density at radius 3 is 2.65 bits per heavy atom. The van der Waals surface area contributed by atoms with Gasteiger partial charge in [-0.3, -0.25) is 4.79 Å². The van der Waals surface area contributed by atoms with Crippen LogP contribution in [0.1, 0.15) is 15.9 Å². The Balaban J connectivity index is 1.61. The Bertz CT molecular complexity index is 1420. The van der Waals surface area contributed by atoms with Crippen LogP contribution in [0.25, 0.3) is 22.2 Å². The van der Waals surface area contributed by atoms with Gasteiger partial charge in [-0.15, -0.1) is 0 Å². The van der Waals surface area contributed by atoms with Crippen LogP contribution in [0.4, 0.5) is 0 Å². The average Bonchev–Trinajstić information content (AvgIpc) is 2.88. The summed E-state index contributed by atoms with van der Waals surface area (Å²) in [7, 11) is 1.50.